The number of nitrogens with zero attached hydrogens (tertiary/aromatic N) is 2. The predicted octanol–water partition coefficient (Wildman–Crippen LogP) is 4.21. The normalized spacial score (nSPS) is 11.3. The van der Waals surface area contributed by atoms with Gasteiger partial charge in [0.25, 0.3) is 0 Å². The number of hydrogen-bond donors (Lipinski definition) is 2. The van der Waals surface area contributed by atoms with Crippen molar-refractivity contribution in [2.45, 2.75) is 52.0 Å². The Morgan fingerprint density at radius 1 is 1.00 bits per heavy atom. The SMILES string of the molecule is CN=C(NCCCCCCCN(C)C)NCc1ccc(C)cc1OCCCOC.I. The Morgan fingerprint density at radius 3 is 2.43 bits per heavy atom. The van der Waals surface area contributed by atoms with Gasteiger partial charge in [-0.15, -0.1) is 24.0 Å². The number of unbranched alkanes of at least 4 members (excludes halogenated alkanes) is 4. The third kappa shape index (κ3) is 14.0. The van der Waals surface area contributed by atoms with Gasteiger partial charge < -0.3 is 25.0 Å². The Kier molecular flexibility index (Phi) is 18.0. The summed E-state index contributed by atoms with van der Waals surface area (Å²) in [7, 11) is 7.80. The molecule has 0 aliphatic rings. The molecule has 0 saturated heterocycles. The minimum absolute atomic E-state index is 0. The van der Waals surface area contributed by atoms with Crippen LogP contribution in [-0.4, -0.2) is 65.4 Å². The molecule has 0 spiro atoms. The van der Waals surface area contributed by atoms with Crippen molar-refractivity contribution in [2.75, 3.05) is 54.6 Å². The van der Waals surface area contributed by atoms with Gasteiger partial charge in [-0.3, -0.25) is 4.99 Å². The van der Waals surface area contributed by atoms with Gasteiger partial charge in [0.05, 0.1) is 6.61 Å². The summed E-state index contributed by atoms with van der Waals surface area (Å²) in [4.78, 5) is 6.59. The van der Waals surface area contributed by atoms with Crippen LogP contribution >= 0.6 is 24.0 Å². The molecule has 0 aliphatic carbocycles. The van der Waals surface area contributed by atoms with Gasteiger partial charge in [-0.25, -0.2) is 0 Å². The molecule has 0 unspecified atom stereocenters. The van der Waals surface area contributed by atoms with Crippen LogP contribution in [0.3, 0.4) is 0 Å². The minimum atomic E-state index is 0. The highest BCUT2D eigenvalue weighted by atomic mass is 127. The van der Waals surface area contributed by atoms with Crippen molar-refractivity contribution in [3.63, 3.8) is 0 Å². The number of aliphatic imine (C=N–C) groups is 1. The number of guanidine groups is 1. The maximum absolute atomic E-state index is 5.96. The molecule has 1 rings (SSSR count). The molecule has 0 saturated carbocycles. The monoisotopic (exact) mass is 534 g/mol. The van der Waals surface area contributed by atoms with Crippen LogP contribution in [-0.2, 0) is 11.3 Å². The Bertz CT molecular complexity index is 582. The van der Waals surface area contributed by atoms with Crippen molar-refractivity contribution in [3.8, 4) is 5.75 Å². The van der Waals surface area contributed by atoms with Gasteiger partial charge in [-0.2, -0.15) is 0 Å². The molecule has 7 heteroatoms. The summed E-state index contributed by atoms with van der Waals surface area (Å²) in [6, 6.07) is 6.33. The van der Waals surface area contributed by atoms with Gasteiger partial charge in [0, 0.05) is 45.8 Å². The van der Waals surface area contributed by atoms with Gasteiger partial charge in [0.2, 0.25) is 0 Å². The summed E-state index contributed by atoms with van der Waals surface area (Å²) in [6.07, 6.45) is 7.21. The number of aryl methyl sites for hydroxylation is 1. The summed E-state index contributed by atoms with van der Waals surface area (Å²) in [6.45, 7) is 6.27. The van der Waals surface area contributed by atoms with Crippen LogP contribution in [0.25, 0.3) is 0 Å². The molecule has 0 heterocycles. The number of rotatable bonds is 15. The van der Waals surface area contributed by atoms with Crippen LogP contribution in [0.2, 0.25) is 0 Å². The summed E-state index contributed by atoms with van der Waals surface area (Å²) < 4.78 is 11.1. The second-order valence-corrected chi connectivity index (χ2v) is 7.73. The van der Waals surface area contributed by atoms with E-state index in [9.17, 15) is 0 Å². The van der Waals surface area contributed by atoms with Crippen molar-refractivity contribution in [1.82, 2.24) is 15.5 Å². The number of hydrogen-bond acceptors (Lipinski definition) is 4. The Hall–Kier alpha value is -1.06. The summed E-state index contributed by atoms with van der Waals surface area (Å²) in [5, 5.41) is 6.81. The standard InChI is InChI=1S/C23H42N4O2.HI/c1-20-12-13-21(22(18-20)29-17-11-16-28-5)19-26-23(24-2)25-14-9-7-6-8-10-15-27(3)4;/h12-13,18H,6-11,14-17,19H2,1-5H3,(H2,24,25,26);1H. The lowest BCUT2D eigenvalue weighted by Gasteiger charge is -2.15. The van der Waals surface area contributed by atoms with E-state index >= 15 is 0 Å². The number of benzene rings is 1. The van der Waals surface area contributed by atoms with Gasteiger partial charge in [-0.05, 0) is 52.0 Å². The van der Waals surface area contributed by atoms with E-state index in [1.54, 1.807) is 7.11 Å². The van der Waals surface area contributed by atoms with Crippen molar-refractivity contribution < 1.29 is 9.47 Å². The van der Waals surface area contributed by atoms with Gasteiger partial charge in [-0.1, -0.05) is 31.4 Å². The van der Waals surface area contributed by atoms with E-state index in [1.807, 2.05) is 7.05 Å². The average molecular weight is 535 g/mol. The zero-order chi connectivity index (χ0) is 21.3. The highest BCUT2D eigenvalue weighted by Crippen LogP contribution is 2.20. The maximum Gasteiger partial charge on any atom is 0.191 e. The fourth-order valence-corrected chi connectivity index (χ4v) is 3.02. The number of ether oxygens (including phenoxy) is 2. The molecule has 0 radical (unpaired) electrons. The van der Waals surface area contributed by atoms with E-state index < -0.39 is 0 Å². The third-order valence-electron chi connectivity index (χ3n) is 4.72. The van der Waals surface area contributed by atoms with E-state index in [2.05, 4.69) is 59.7 Å². The van der Waals surface area contributed by atoms with Crippen molar-refractivity contribution in [3.05, 3.63) is 29.3 Å². The molecular formula is C23H43IN4O2. The Balaban J connectivity index is 0.00000841. The molecule has 0 fully saturated rings. The van der Waals surface area contributed by atoms with E-state index in [1.165, 1.54) is 44.2 Å². The molecule has 174 valence electrons. The number of methoxy groups -OCH3 is 1. The largest absolute Gasteiger partial charge is 0.493 e. The fraction of sp³-hybridized carbons (Fsp3) is 0.696. The molecule has 0 amide bonds. The molecule has 6 nitrogen and oxygen atoms in total. The van der Waals surface area contributed by atoms with Gasteiger partial charge in [0.1, 0.15) is 5.75 Å². The molecule has 0 aromatic heterocycles. The van der Waals surface area contributed by atoms with Crippen LogP contribution in [0.4, 0.5) is 0 Å². The fourth-order valence-electron chi connectivity index (χ4n) is 3.02. The predicted molar refractivity (Wildman–Crippen MR) is 138 cm³/mol. The number of nitrogens with one attached hydrogen (secondary N) is 2. The second-order valence-electron chi connectivity index (χ2n) is 7.73. The highest BCUT2D eigenvalue weighted by molar-refractivity contribution is 14.0. The topological polar surface area (TPSA) is 58.1 Å². The summed E-state index contributed by atoms with van der Waals surface area (Å²) in [5.74, 6) is 1.77. The third-order valence-corrected chi connectivity index (χ3v) is 4.72. The molecule has 1 aromatic rings. The molecule has 0 aliphatic heterocycles. The molecule has 0 atom stereocenters. The second kappa shape index (κ2) is 18.7. The lowest BCUT2D eigenvalue weighted by atomic mass is 10.1. The average Bonchev–Trinajstić information content (AvgIpc) is 2.70. The molecule has 1 aromatic carbocycles. The van der Waals surface area contributed by atoms with E-state index in [0.29, 0.717) is 19.8 Å². The first kappa shape index (κ1) is 28.9. The zero-order valence-electron chi connectivity index (χ0n) is 19.6. The van der Waals surface area contributed by atoms with Crippen molar-refractivity contribution in [1.29, 1.82) is 0 Å². The van der Waals surface area contributed by atoms with Crippen LogP contribution in [0.5, 0.6) is 5.75 Å². The minimum Gasteiger partial charge on any atom is -0.493 e. The molecule has 30 heavy (non-hydrogen) atoms. The smallest absolute Gasteiger partial charge is 0.191 e. The van der Waals surface area contributed by atoms with Gasteiger partial charge in [0.15, 0.2) is 5.96 Å². The van der Waals surface area contributed by atoms with Gasteiger partial charge >= 0.3 is 0 Å². The first-order valence-electron chi connectivity index (χ1n) is 10.9. The highest BCUT2D eigenvalue weighted by Gasteiger charge is 2.06. The van der Waals surface area contributed by atoms with E-state index in [4.69, 9.17) is 9.47 Å². The molecular weight excluding hydrogens is 491 g/mol. The number of halogens is 1. The zero-order valence-corrected chi connectivity index (χ0v) is 22.0. The van der Waals surface area contributed by atoms with Crippen LogP contribution in [0.1, 0.15) is 49.7 Å². The van der Waals surface area contributed by atoms with Crippen molar-refractivity contribution >= 4 is 29.9 Å². The first-order valence-corrected chi connectivity index (χ1v) is 10.9. The summed E-state index contributed by atoms with van der Waals surface area (Å²) in [5.41, 5.74) is 2.33. The lowest BCUT2D eigenvalue weighted by molar-refractivity contribution is 0.171. The first-order chi connectivity index (χ1) is 14.1. The van der Waals surface area contributed by atoms with E-state index in [-0.39, 0.29) is 24.0 Å². The Labute approximate surface area is 201 Å². The van der Waals surface area contributed by atoms with Crippen LogP contribution < -0.4 is 15.4 Å². The van der Waals surface area contributed by atoms with Crippen LogP contribution in [0.15, 0.2) is 23.2 Å². The summed E-state index contributed by atoms with van der Waals surface area (Å²) >= 11 is 0. The molecule has 0 bridgehead atoms. The van der Waals surface area contributed by atoms with Crippen LogP contribution in [0, 0.1) is 6.92 Å². The quantitative estimate of drug-likeness (QED) is 0.153. The Morgan fingerprint density at radius 2 is 1.73 bits per heavy atom. The van der Waals surface area contributed by atoms with Crippen molar-refractivity contribution in [2.24, 2.45) is 4.99 Å². The molecule has 2 N–H and O–H groups in total. The maximum atomic E-state index is 5.96. The lowest BCUT2D eigenvalue weighted by Crippen LogP contribution is -2.37. The van der Waals surface area contributed by atoms with E-state index in [0.717, 1.165) is 30.2 Å².